The minimum atomic E-state index is -3.37. The van der Waals surface area contributed by atoms with Crippen molar-refractivity contribution in [1.82, 2.24) is 4.72 Å². The maximum atomic E-state index is 11.5. The van der Waals surface area contributed by atoms with E-state index in [2.05, 4.69) is 9.71 Å². The number of hydrogen-bond donors (Lipinski definition) is 1. The Bertz CT molecular complexity index is 470. The van der Waals surface area contributed by atoms with E-state index < -0.39 is 10.0 Å². The summed E-state index contributed by atoms with van der Waals surface area (Å²) in [6.45, 7) is 0. The van der Waals surface area contributed by atoms with Crippen LogP contribution in [0.4, 0.5) is 0 Å². The molecule has 0 aromatic carbocycles. The number of fused-ring (bicyclic) bond motifs is 1. The molecule has 0 spiro atoms. The first-order chi connectivity index (χ1) is 6.20. The van der Waals surface area contributed by atoms with E-state index in [4.69, 9.17) is 0 Å². The summed E-state index contributed by atoms with van der Waals surface area (Å²) < 4.78 is 25.6. The molecule has 0 saturated carbocycles. The lowest BCUT2D eigenvalue weighted by molar-refractivity contribution is 0.592. The molecule has 0 radical (unpaired) electrons. The van der Waals surface area contributed by atoms with Gasteiger partial charge >= 0.3 is 0 Å². The second kappa shape index (κ2) is 2.97. The predicted molar refractivity (Wildman–Crippen MR) is 51.4 cm³/mol. The van der Waals surface area contributed by atoms with E-state index in [0.29, 0.717) is 9.77 Å². The largest absolute Gasteiger partial charge is 0.284 e. The Balaban J connectivity index is 2.67. The molecular formula is C7H6N2O2S2. The van der Waals surface area contributed by atoms with Crippen molar-refractivity contribution < 1.29 is 8.42 Å². The van der Waals surface area contributed by atoms with Crippen LogP contribution in [0.5, 0.6) is 0 Å². The van der Waals surface area contributed by atoms with Gasteiger partial charge in [0.2, 0.25) is 0 Å². The third-order valence-electron chi connectivity index (χ3n) is 1.50. The summed E-state index contributed by atoms with van der Waals surface area (Å²) in [6, 6.07) is 1.72. The van der Waals surface area contributed by atoms with Gasteiger partial charge in [-0.15, -0.1) is 11.3 Å². The third-order valence-corrected chi connectivity index (χ3v) is 4.34. The Morgan fingerprint density at radius 3 is 3.15 bits per heavy atom. The van der Waals surface area contributed by atoms with Crippen molar-refractivity contribution in [3.05, 3.63) is 29.4 Å². The molecule has 0 unspecified atom stereocenters. The molecule has 1 aromatic heterocycles. The zero-order valence-corrected chi connectivity index (χ0v) is 8.10. The number of nitrogens with one attached hydrogen (secondary N) is 1. The third kappa shape index (κ3) is 1.50. The first-order valence-corrected chi connectivity index (χ1v) is 5.84. The van der Waals surface area contributed by atoms with Gasteiger partial charge in [0, 0.05) is 24.2 Å². The van der Waals surface area contributed by atoms with E-state index in [1.54, 1.807) is 11.4 Å². The average Bonchev–Trinajstić information content (AvgIpc) is 2.49. The summed E-state index contributed by atoms with van der Waals surface area (Å²) in [6.07, 6.45) is 4.23. The number of aliphatic imine (C=N–C) groups is 1. The smallest absolute Gasteiger partial charge is 0.271 e. The fourth-order valence-corrected chi connectivity index (χ4v) is 3.15. The van der Waals surface area contributed by atoms with Gasteiger partial charge in [0.25, 0.3) is 10.0 Å². The molecule has 0 saturated heterocycles. The first kappa shape index (κ1) is 8.46. The first-order valence-electron chi connectivity index (χ1n) is 3.48. The Morgan fingerprint density at radius 1 is 1.46 bits per heavy atom. The van der Waals surface area contributed by atoms with Crippen LogP contribution in [0.3, 0.4) is 0 Å². The van der Waals surface area contributed by atoms with E-state index in [9.17, 15) is 8.42 Å². The fraction of sp³-hybridized carbons (Fsp3) is 0. The SMILES string of the molecule is O=S1(=O)NC=CN=Cc2ccsc21. The van der Waals surface area contributed by atoms with Crippen LogP contribution in [0.1, 0.15) is 5.56 Å². The van der Waals surface area contributed by atoms with Crippen molar-refractivity contribution in [3.8, 4) is 0 Å². The summed E-state index contributed by atoms with van der Waals surface area (Å²) in [5.74, 6) is 0. The second-order valence-corrected chi connectivity index (χ2v) is 5.20. The molecule has 1 aliphatic rings. The van der Waals surface area contributed by atoms with E-state index in [1.165, 1.54) is 30.0 Å². The lowest BCUT2D eigenvalue weighted by Gasteiger charge is -2.03. The number of sulfonamides is 1. The lowest BCUT2D eigenvalue weighted by atomic mass is 10.4. The Morgan fingerprint density at radius 2 is 2.31 bits per heavy atom. The van der Waals surface area contributed by atoms with E-state index in [-0.39, 0.29) is 0 Å². The van der Waals surface area contributed by atoms with Crippen LogP contribution < -0.4 is 4.72 Å². The summed E-state index contributed by atoms with van der Waals surface area (Å²) >= 11 is 1.18. The predicted octanol–water partition coefficient (Wildman–Crippen LogP) is 0.930. The minimum absolute atomic E-state index is 0.306. The van der Waals surface area contributed by atoms with E-state index in [0.717, 1.165) is 0 Å². The standard InChI is InChI=1S/C7H6N2O2S2/c10-13(11)7-6(1-4-12-7)5-8-2-3-9-13/h1-5,9H. The van der Waals surface area contributed by atoms with Crippen LogP contribution in [-0.2, 0) is 10.0 Å². The molecule has 13 heavy (non-hydrogen) atoms. The highest BCUT2D eigenvalue weighted by Crippen LogP contribution is 2.21. The Labute approximate surface area is 79.7 Å². The lowest BCUT2D eigenvalue weighted by Crippen LogP contribution is -2.18. The van der Waals surface area contributed by atoms with Crippen molar-refractivity contribution in [2.45, 2.75) is 4.21 Å². The summed E-state index contributed by atoms with van der Waals surface area (Å²) in [5.41, 5.74) is 0.627. The molecule has 0 fully saturated rings. The van der Waals surface area contributed by atoms with Crippen LogP contribution in [0.15, 0.2) is 33.0 Å². The number of thiophene rings is 1. The Hall–Kier alpha value is -1.14. The zero-order chi connectivity index (χ0) is 9.31. The van der Waals surface area contributed by atoms with Gasteiger partial charge < -0.3 is 0 Å². The van der Waals surface area contributed by atoms with Crippen molar-refractivity contribution in [1.29, 1.82) is 0 Å². The molecule has 2 rings (SSSR count). The zero-order valence-electron chi connectivity index (χ0n) is 6.47. The van der Waals surface area contributed by atoms with Gasteiger partial charge in [-0.05, 0) is 11.4 Å². The van der Waals surface area contributed by atoms with Gasteiger partial charge in [0.1, 0.15) is 4.21 Å². The van der Waals surface area contributed by atoms with Gasteiger partial charge in [-0.1, -0.05) is 0 Å². The van der Waals surface area contributed by atoms with E-state index in [1.807, 2.05) is 0 Å². The molecule has 2 heterocycles. The molecule has 0 atom stereocenters. The fourth-order valence-electron chi connectivity index (χ4n) is 0.959. The van der Waals surface area contributed by atoms with Crippen LogP contribution in [0.2, 0.25) is 0 Å². The van der Waals surface area contributed by atoms with Gasteiger partial charge in [-0.3, -0.25) is 9.71 Å². The molecule has 4 nitrogen and oxygen atoms in total. The van der Waals surface area contributed by atoms with Gasteiger partial charge in [0.15, 0.2) is 0 Å². The Kier molecular flexibility index (Phi) is 1.93. The number of nitrogens with zero attached hydrogens (tertiary/aromatic N) is 1. The summed E-state index contributed by atoms with van der Waals surface area (Å²) in [7, 11) is -3.37. The highest BCUT2D eigenvalue weighted by molar-refractivity contribution is 7.91. The van der Waals surface area contributed by atoms with Crippen molar-refractivity contribution >= 4 is 27.6 Å². The van der Waals surface area contributed by atoms with Crippen molar-refractivity contribution in [2.75, 3.05) is 0 Å². The number of rotatable bonds is 0. The molecule has 0 aliphatic carbocycles. The van der Waals surface area contributed by atoms with Crippen LogP contribution in [0, 0.1) is 0 Å². The average molecular weight is 214 g/mol. The van der Waals surface area contributed by atoms with Crippen LogP contribution >= 0.6 is 11.3 Å². The van der Waals surface area contributed by atoms with E-state index >= 15 is 0 Å². The topological polar surface area (TPSA) is 58.5 Å². The number of hydrogen-bond acceptors (Lipinski definition) is 4. The van der Waals surface area contributed by atoms with Gasteiger partial charge in [0.05, 0.1) is 0 Å². The maximum Gasteiger partial charge on any atom is 0.271 e. The molecule has 6 heteroatoms. The van der Waals surface area contributed by atoms with Crippen molar-refractivity contribution in [2.24, 2.45) is 4.99 Å². The van der Waals surface area contributed by atoms with Crippen molar-refractivity contribution in [3.63, 3.8) is 0 Å². The quantitative estimate of drug-likeness (QED) is 0.698. The highest BCUT2D eigenvalue weighted by atomic mass is 32.2. The van der Waals surface area contributed by atoms with Crippen LogP contribution in [-0.4, -0.2) is 14.6 Å². The second-order valence-electron chi connectivity index (χ2n) is 2.38. The summed E-state index contributed by atoms with van der Waals surface area (Å²) in [5, 5.41) is 1.72. The van der Waals surface area contributed by atoms with Gasteiger partial charge in [-0.25, -0.2) is 8.42 Å². The highest BCUT2D eigenvalue weighted by Gasteiger charge is 2.18. The molecule has 1 N–H and O–H groups in total. The monoisotopic (exact) mass is 214 g/mol. The molecule has 0 bridgehead atoms. The van der Waals surface area contributed by atoms with Gasteiger partial charge in [-0.2, -0.15) is 0 Å². The normalized spacial score (nSPS) is 18.5. The molecule has 68 valence electrons. The maximum absolute atomic E-state index is 11.5. The molecular weight excluding hydrogens is 208 g/mol. The molecule has 1 aliphatic heterocycles. The molecule has 1 aromatic rings. The minimum Gasteiger partial charge on any atom is -0.284 e. The molecule has 0 amide bonds. The van der Waals surface area contributed by atoms with Crippen LogP contribution in [0.25, 0.3) is 0 Å². The summed E-state index contributed by atoms with van der Waals surface area (Å²) in [4.78, 5) is 3.88.